The van der Waals surface area contributed by atoms with Crippen molar-refractivity contribution >= 4 is 5.69 Å². The zero-order valence-corrected chi connectivity index (χ0v) is 8.27. The zero-order chi connectivity index (χ0) is 9.10. The van der Waals surface area contributed by atoms with E-state index >= 15 is 0 Å². The Hall–Kier alpha value is -1.54. The minimum atomic E-state index is 0. The summed E-state index contributed by atoms with van der Waals surface area (Å²) in [6, 6.07) is 10.4. The van der Waals surface area contributed by atoms with Gasteiger partial charge >= 0.3 is 0 Å². The number of nitrogens with zero attached hydrogens (tertiary/aromatic N) is 1. The first-order chi connectivity index (χ1) is 6.36. The minimum Gasteiger partial charge on any atom is -0.412 e. The van der Waals surface area contributed by atoms with E-state index in [0.29, 0.717) is 0 Å². The third-order valence-corrected chi connectivity index (χ3v) is 2.22. The van der Waals surface area contributed by atoms with Gasteiger partial charge in [0, 0.05) is 18.4 Å². The quantitative estimate of drug-likeness (QED) is 0.666. The summed E-state index contributed by atoms with van der Waals surface area (Å²) < 4.78 is 0. The fourth-order valence-corrected chi connectivity index (χ4v) is 1.39. The van der Waals surface area contributed by atoms with Crippen LogP contribution in [-0.2, 0) is 0 Å². The van der Waals surface area contributed by atoms with Crippen molar-refractivity contribution in [3.05, 3.63) is 54.3 Å². The Labute approximate surface area is 84.5 Å². The van der Waals surface area contributed by atoms with Crippen LogP contribution in [0.4, 0.5) is 5.69 Å². The number of allylic oxidation sites excluding steroid dienone is 2. The summed E-state index contributed by atoms with van der Waals surface area (Å²) >= 11 is 0. The predicted molar refractivity (Wildman–Crippen MR) is 60.3 cm³/mol. The van der Waals surface area contributed by atoms with Gasteiger partial charge in [0.2, 0.25) is 0 Å². The summed E-state index contributed by atoms with van der Waals surface area (Å²) in [6.07, 6.45) is 6.49. The molecule has 0 saturated carbocycles. The molecule has 0 unspecified atom stereocenters. The molecule has 0 atom stereocenters. The third-order valence-electron chi connectivity index (χ3n) is 2.22. The molecule has 0 aromatic heterocycles. The Bertz CT molecular complexity index is 341. The van der Waals surface area contributed by atoms with Gasteiger partial charge in [-0.25, -0.2) is 0 Å². The van der Waals surface area contributed by atoms with E-state index in [9.17, 15) is 0 Å². The summed E-state index contributed by atoms with van der Waals surface area (Å²) in [4.78, 5) is 2.23. The van der Waals surface area contributed by atoms with Crippen molar-refractivity contribution in [2.24, 2.45) is 0 Å². The molecule has 0 spiro atoms. The number of anilines is 1. The lowest BCUT2D eigenvalue weighted by atomic mass is 10.2. The first-order valence-corrected chi connectivity index (χ1v) is 4.53. The maximum Gasteiger partial charge on any atom is 0.0411 e. The molecule has 2 nitrogen and oxygen atoms in total. The molecule has 2 N–H and O–H groups in total. The number of para-hydroxylation sites is 1. The van der Waals surface area contributed by atoms with Gasteiger partial charge in [-0.1, -0.05) is 29.8 Å². The molecule has 2 heteroatoms. The molecule has 0 aliphatic carbocycles. The first kappa shape index (κ1) is 10.5. The fourth-order valence-electron chi connectivity index (χ4n) is 1.39. The van der Waals surface area contributed by atoms with Crippen molar-refractivity contribution in [2.45, 2.75) is 6.92 Å². The molecule has 0 fully saturated rings. The van der Waals surface area contributed by atoms with Gasteiger partial charge in [0.1, 0.15) is 0 Å². The molecular weight excluding hydrogens is 174 g/mol. The van der Waals surface area contributed by atoms with Crippen molar-refractivity contribution < 1.29 is 5.48 Å². The van der Waals surface area contributed by atoms with E-state index < -0.39 is 0 Å². The van der Waals surface area contributed by atoms with Crippen molar-refractivity contribution in [2.75, 3.05) is 11.4 Å². The van der Waals surface area contributed by atoms with Crippen LogP contribution in [0.2, 0.25) is 0 Å². The third kappa shape index (κ3) is 2.24. The van der Waals surface area contributed by atoms with Crippen LogP contribution >= 0.6 is 0 Å². The lowest BCUT2D eigenvalue weighted by Gasteiger charge is -2.21. The summed E-state index contributed by atoms with van der Waals surface area (Å²) in [7, 11) is 0. The molecule has 1 aromatic carbocycles. The van der Waals surface area contributed by atoms with Gasteiger partial charge in [0.25, 0.3) is 0 Å². The maximum atomic E-state index is 2.23. The Balaban J connectivity index is 0.000000980. The van der Waals surface area contributed by atoms with Gasteiger partial charge in [-0.2, -0.15) is 0 Å². The number of rotatable bonds is 1. The van der Waals surface area contributed by atoms with Crippen molar-refractivity contribution in [1.82, 2.24) is 0 Å². The van der Waals surface area contributed by atoms with E-state index in [2.05, 4.69) is 54.4 Å². The van der Waals surface area contributed by atoms with Crippen LogP contribution in [0.25, 0.3) is 0 Å². The molecule has 14 heavy (non-hydrogen) atoms. The van der Waals surface area contributed by atoms with E-state index in [1.807, 2.05) is 6.07 Å². The second-order valence-corrected chi connectivity index (χ2v) is 3.25. The van der Waals surface area contributed by atoms with Gasteiger partial charge in [0.05, 0.1) is 0 Å². The van der Waals surface area contributed by atoms with Gasteiger partial charge in [-0.05, 0) is 25.1 Å². The highest BCUT2D eigenvalue weighted by Crippen LogP contribution is 2.16. The molecule has 74 valence electrons. The number of hydrogen-bond donors (Lipinski definition) is 0. The lowest BCUT2D eigenvalue weighted by Crippen LogP contribution is -2.18. The predicted octanol–water partition coefficient (Wildman–Crippen LogP) is 2.14. The molecule has 0 amide bonds. The van der Waals surface area contributed by atoms with Crippen LogP contribution in [0.5, 0.6) is 0 Å². The topological polar surface area (TPSA) is 34.7 Å². The van der Waals surface area contributed by atoms with Gasteiger partial charge in [-0.3, -0.25) is 0 Å². The number of hydrogen-bond acceptors (Lipinski definition) is 1. The van der Waals surface area contributed by atoms with E-state index in [4.69, 9.17) is 0 Å². The summed E-state index contributed by atoms with van der Waals surface area (Å²) in [6.45, 7) is 3.10. The Morgan fingerprint density at radius 1 is 1.14 bits per heavy atom. The molecular formula is C12H15NO. The van der Waals surface area contributed by atoms with Crippen LogP contribution in [0, 0.1) is 0 Å². The van der Waals surface area contributed by atoms with Gasteiger partial charge < -0.3 is 10.4 Å². The molecule has 1 aliphatic heterocycles. The van der Waals surface area contributed by atoms with Gasteiger partial charge in [0.15, 0.2) is 0 Å². The standard InChI is InChI=1S/C12H13N.H2O/c1-11-7-9-13(10-8-11)12-5-3-2-4-6-12;/h2-9H,10H2,1H3;1H2. The van der Waals surface area contributed by atoms with Crippen molar-refractivity contribution in [1.29, 1.82) is 0 Å². The van der Waals surface area contributed by atoms with Gasteiger partial charge in [-0.15, -0.1) is 0 Å². The van der Waals surface area contributed by atoms with E-state index in [-0.39, 0.29) is 5.48 Å². The second-order valence-electron chi connectivity index (χ2n) is 3.25. The average Bonchev–Trinajstić information content (AvgIpc) is 2.20. The molecule has 2 rings (SSSR count). The SMILES string of the molecule is CC1=CCN(c2ccccc2)C=C1.O. The van der Waals surface area contributed by atoms with Crippen LogP contribution in [0.1, 0.15) is 6.92 Å². The molecule has 1 heterocycles. The van der Waals surface area contributed by atoms with E-state index in [1.165, 1.54) is 11.3 Å². The minimum absolute atomic E-state index is 0. The zero-order valence-electron chi connectivity index (χ0n) is 8.27. The molecule has 1 aliphatic rings. The highest BCUT2D eigenvalue weighted by molar-refractivity contribution is 5.51. The van der Waals surface area contributed by atoms with Crippen LogP contribution < -0.4 is 4.90 Å². The van der Waals surface area contributed by atoms with Crippen molar-refractivity contribution in [3.8, 4) is 0 Å². The fraction of sp³-hybridized carbons (Fsp3) is 0.167. The normalized spacial score (nSPS) is 14.6. The van der Waals surface area contributed by atoms with Crippen LogP contribution in [0.3, 0.4) is 0 Å². The molecule has 1 aromatic rings. The average molecular weight is 189 g/mol. The lowest BCUT2D eigenvalue weighted by molar-refractivity contribution is 0.824. The van der Waals surface area contributed by atoms with Crippen molar-refractivity contribution in [3.63, 3.8) is 0 Å². The highest BCUT2D eigenvalue weighted by Gasteiger charge is 2.02. The van der Waals surface area contributed by atoms with E-state index in [0.717, 1.165) is 6.54 Å². The maximum absolute atomic E-state index is 2.23. The van der Waals surface area contributed by atoms with Crippen LogP contribution in [0.15, 0.2) is 54.3 Å². The first-order valence-electron chi connectivity index (χ1n) is 4.53. The molecule has 0 saturated heterocycles. The Morgan fingerprint density at radius 2 is 1.86 bits per heavy atom. The van der Waals surface area contributed by atoms with E-state index in [1.54, 1.807) is 0 Å². The molecule has 0 bridgehead atoms. The van der Waals surface area contributed by atoms with Crippen LogP contribution in [-0.4, -0.2) is 12.0 Å². The second kappa shape index (κ2) is 4.63. The Morgan fingerprint density at radius 3 is 2.43 bits per heavy atom. The summed E-state index contributed by atoms with van der Waals surface area (Å²) in [5, 5.41) is 0. The number of benzene rings is 1. The summed E-state index contributed by atoms with van der Waals surface area (Å²) in [5.41, 5.74) is 2.59. The molecule has 0 radical (unpaired) electrons. The highest BCUT2D eigenvalue weighted by atomic mass is 16.0. The monoisotopic (exact) mass is 189 g/mol. The Kier molecular flexibility index (Phi) is 3.48. The summed E-state index contributed by atoms with van der Waals surface area (Å²) in [5.74, 6) is 0. The largest absolute Gasteiger partial charge is 0.412 e. The smallest absolute Gasteiger partial charge is 0.0411 e.